The zero-order valence-corrected chi connectivity index (χ0v) is 11.9. The second kappa shape index (κ2) is 5.22. The molecule has 0 aliphatic carbocycles. The highest BCUT2D eigenvalue weighted by atomic mass is 19.1. The number of hydrogen-bond donors (Lipinski definition) is 1. The van der Waals surface area contributed by atoms with Crippen LogP contribution in [0.1, 0.15) is 18.2 Å². The SMILES string of the molecule is CC1(c2ccccn2)NC(=O)N(Cc2ccc(F)cc2)C1=O. The van der Waals surface area contributed by atoms with Gasteiger partial charge in [0.2, 0.25) is 0 Å². The zero-order valence-electron chi connectivity index (χ0n) is 11.9. The fourth-order valence-corrected chi connectivity index (χ4v) is 2.45. The molecule has 2 heterocycles. The lowest BCUT2D eigenvalue weighted by molar-refractivity contribution is -0.131. The molecule has 1 atom stereocenters. The van der Waals surface area contributed by atoms with Crippen molar-refractivity contribution in [1.82, 2.24) is 15.2 Å². The van der Waals surface area contributed by atoms with Gasteiger partial charge in [-0.1, -0.05) is 18.2 Å². The fraction of sp³-hybridized carbons (Fsp3) is 0.188. The normalized spacial score (nSPS) is 21.1. The molecule has 6 heteroatoms. The average Bonchev–Trinajstić information content (AvgIpc) is 2.75. The van der Waals surface area contributed by atoms with Crippen molar-refractivity contribution in [2.24, 2.45) is 0 Å². The van der Waals surface area contributed by atoms with Gasteiger partial charge in [-0.3, -0.25) is 14.7 Å². The van der Waals surface area contributed by atoms with Crippen LogP contribution in [-0.4, -0.2) is 21.8 Å². The number of nitrogens with zero attached hydrogens (tertiary/aromatic N) is 2. The number of pyridine rings is 1. The third kappa shape index (κ3) is 2.32. The number of urea groups is 1. The van der Waals surface area contributed by atoms with Gasteiger partial charge in [-0.25, -0.2) is 9.18 Å². The molecule has 3 amide bonds. The van der Waals surface area contributed by atoms with E-state index in [1.807, 2.05) is 0 Å². The number of carbonyl (C=O) groups is 2. The largest absolute Gasteiger partial charge is 0.325 e. The van der Waals surface area contributed by atoms with Crippen LogP contribution in [0.4, 0.5) is 9.18 Å². The predicted octanol–water partition coefficient (Wildman–Crippen LogP) is 2.19. The van der Waals surface area contributed by atoms with Crippen LogP contribution in [0.5, 0.6) is 0 Å². The van der Waals surface area contributed by atoms with Crippen molar-refractivity contribution >= 4 is 11.9 Å². The van der Waals surface area contributed by atoms with Crippen LogP contribution in [0.25, 0.3) is 0 Å². The summed E-state index contributed by atoms with van der Waals surface area (Å²) in [5.74, 6) is -0.736. The Bertz CT molecular complexity index is 718. The second-order valence-electron chi connectivity index (χ2n) is 5.29. The van der Waals surface area contributed by atoms with Crippen molar-refractivity contribution < 1.29 is 14.0 Å². The molecule has 5 nitrogen and oxygen atoms in total. The van der Waals surface area contributed by atoms with Gasteiger partial charge in [-0.05, 0) is 36.8 Å². The summed E-state index contributed by atoms with van der Waals surface area (Å²) in [6, 6.07) is 10.4. The summed E-state index contributed by atoms with van der Waals surface area (Å²) in [5.41, 5.74) is -0.0246. The minimum absolute atomic E-state index is 0.0906. The van der Waals surface area contributed by atoms with E-state index < -0.39 is 11.6 Å². The van der Waals surface area contributed by atoms with Crippen molar-refractivity contribution in [2.45, 2.75) is 19.0 Å². The van der Waals surface area contributed by atoms with Crippen molar-refractivity contribution in [1.29, 1.82) is 0 Å². The number of halogens is 1. The maximum absolute atomic E-state index is 12.9. The van der Waals surface area contributed by atoms with Crippen molar-refractivity contribution in [3.8, 4) is 0 Å². The Kier molecular flexibility index (Phi) is 3.36. The van der Waals surface area contributed by atoms with Crippen LogP contribution in [0, 0.1) is 5.82 Å². The monoisotopic (exact) mass is 299 g/mol. The van der Waals surface area contributed by atoms with Gasteiger partial charge < -0.3 is 5.32 Å². The number of benzene rings is 1. The van der Waals surface area contributed by atoms with Crippen LogP contribution in [0.2, 0.25) is 0 Å². The molecular formula is C16H14FN3O2. The minimum atomic E-state index is -1.18. The standard InChI is InChI=1S/C16H14FN3O2/c1-16(13-4-2-3-9-18-13)14(21)20(15(22)19-16)10-11-5-7-12(17)8-6-11/h2-9H,10H2,1H3,(H,19,22). The van der Waals surface area contributed by atoms with Gasteiger partial charge in [-0.15, -0.1) is 0 Å². The molecule has 1 saturated heterocycles. The Morgan fingerprint density at radius 1 is 1.18 bits per heavy atom. The fourth-order valence-electron chi connectivity index (χ4n) is 2.45. The predicted molar refractivity (Wildman–Crippen MR) is 77.1 cm³/mol. The van der Waals surface area contributed by atoms with E-state index in [1.165, 1.54) is 12.1 Å². The van der Waals surface area contributed by atoms with E-state index in [1.54, 1.807) is 43.5 Å². The zero-order chi connectivity index (χ0) is 15.7. The molecule has 22 heavy (non-hydrogen) atoms. The smallest absolute Gasteiger partial charge is 0.318 e. The first-order valence-electron chi connectivity index (χ1n) is 6.81. The first-order chi connectivity index (χ1) is 10.5. The number of rotatable bonds is 3. The van der Waals surface area contributed by atoms with Crippen molar-refractivity contribution in [3.05, 3.63) is 65.7 Å². The Balaban J connectivity index is 1.87. The summed E-state index contributed by atoms with van der Waals surface area (Å²) in [6.07, 6.45) is 1.57. The number of hydrogen-bond acceptors (Lipinski definition) is 3. The van der Waals surface area contributed by atoms with Crippen LogP contribution >= 0.6 is 0 Å². The third-order valence-electron chi connectivity index (χ3n) is 3.71. The summed E-state index contributed by atoms with van der Waals surface area (Å²) in [4.78, 5) is 30.0. The highest BCUT2D eigenvalue weighted by Gasteiger charge is 2.49. The molecule has 0 radical (unpaired) electrons. The molecule has 0 saturated carbocycles. The van der Waals surface area contributed by atoms with E-state index in [0.717, 1.165) is 4.90 Å². The molecular weight excluding hydrogens is 285 g/mol. The highest BCUT2D eigenvalue weighted by molar-refractivity contribution is 6.06. The molecule has 0 bridgehead atoms. The molecule has 1 aromatic heterocycles. The van der Waals surface area contributed by atoms with E-state index in [9.17, 15) is 14.0 Å². The summed E-state index contributed by atoms with van der Waals surface area (Å²) in [7, 11) is 0. The van der Waals surface area contributed by atoms with Crippen molar-refractivity contribution in [3.63, 3.8) is 0 Å². The summed E-state index contributed by atoms with van der Waals surface area (Å²) < 4.78 is 12.9. The Morgan fingerprint density at radius 2 is 1.91 bits per heavy atom. The lowest BCUT2D eigenvalue weighted by atomic mass is 9.97. The van der Waals surface area contributed by atoms with E-state index >= 15 is 0 Å². The van der Waals surface area contributed by atoms with Gasteiger partial charge in [0, 0.05) is 6.20 Å². The lowest BCUT2D eigenvalue weighted by Gasteiger charge is -2.20. The molecule has 2 aromatic rings. The Hall–Kier alpha value is -2.76. The van der Waals surface area contributed by atoms with Gasteiger partial charge >= 0.3 is 6.03 Å². The highest BCUT2D eigenvalue weighted by Crippen LogP contribution is 2.28. The average molecular weight is 299 g/mol. The Morgan fingerprint density at radius 3 is 2.55 bits per heavy atom. The third-order valence-corrected chi connectivity index (χ3v) is 3.71. The first-order valence-corrected chi connectivity index (χ1v) is 6.81. The lowest BCUT2D eigenvalue weighted by Crippen LogP contribution is -2.41. The van der Waals surface area contributed by atoms with Crippen LogP contribution < -0.4 is 5.32 Å². The number of carbonyl (C=O) groups excluding carboxylic acids is 2. The van der Waals surface area contributed by atoms with Gasteiger partial charge in [0.25, 0.3) is 5.91 Å². The number of nitrogens with one attached hydrogen (secondary N) is 1. The van der Waals surface area contributed by atoms with Gasteiger partial charge in [0.05, 0.1) is 12.2 Å². The summed E-state index contributed by atoms with van der Waals surface area (Å²) >= 11 is 0. The van der Waals surface area contributed by atoms with Crippen LogP contribution in [-0.2, 0) is 16.9 Å². The molecule has 112 valence electrons. The summed E-state index contributed by atoms with van der Waals surface area (Å²) in [5, 5.41) is 2.68. The number of imide groups is 1. The maximum Gasteiger partial charge on any atom is 0.325 e. The summed E-state index contributed by atoms with van der Waals surface area (Å²) in [6.45, 7) is 1.72. The van der Waals surface area contributed by atoms with E-state index in [-0.39, 0.29) is 18.3 Å². The topological polar surface area (TPSA) is 62.3 Å². The van der Waals surface area contributed by atoms with E-state index in [4.69, 9.17) is 0 Å². The van der Waals surface area contributed by atoms with Gasteiger partial charge in [0.15, 0.2) is 5.54 Å². The number of aromatic nitrogens is 1. The molecule has 0 spiro atoms. The van der Waals surface area contributed by atoms with Gasteiger partial charge in [-0.2, -0.15) is 0 Å². The van der Waals surface area contributed by atoms with Crippen molar-refractivity contribution in [2.75, 3.05) is 0 Å². The second-order valence-corrected chi connectivity index (χ2v) is 5.29. The number of amides is 3. The van der Waals surface area contributed by atoms with Crippen LogP contribution in [0.3, 0.4) is 0 Å². The molecule has 1 aromatic carbocycles. The molecule has 1 unspecified atom stereocenters. The maximum atomic E-state index is 12.9. The molecule has 3 rings (SSSR count). The first kappa shape index (κ1) is 14.2. The van der Waals surface area contributed by atoms with Crippen LogP contribution in [0.15, 0.2) is 48.7 Å². The minimum Gasteiger partial charge on any atom is -0.318 e. The Labute approximate surface area is 126 Å². The quantitative estimate of drug-likeness (QED) is 0.884. The van der Waals surface area contributed by atoms with E-state index in [0.29, 0.717) is 11.3 Å². The van der Waals surface area contributed by atoms with E-state index in [2.05, 4.69) is 10.3 Å². The molecule has 1 fully saturated rings. The molecule has 1 N–H and O–H groups in total. The molecule has 1 aliphatic rings. The van der Waals surface area contributed by atoms with Gasteiger partial charge in [0.1, 0.15) is 5.82 Å². The molecule has 1 aliphatic heterocycles.